The van der Waals surface area contributed by atoms with Gasteiger partial charge in [0.1, 0.15) is 10.7 Å². The molecule has 2 heterocycles. The van der Waals surface area contributed by atoms with E-state index in [4.69, 9.17) is 9.15 Å². The number of sulfonamides is 1. The quantitative estimate of drug-likeness (QED) is 0.819. The zero-order chi connectivity index (χ0) is 15.5. The van der Waals surface area contributed by atoms with E-state index in [1.165, 1.54) is 29.9 Å². The van der Waals surface area contributed by atoms with E-state index >= 15 is 0 Å². The summed E-state index contributed by atoms with van der Waals surface area (Å²) in [7, 11) is -2.13. The smallest absolute Gasteiger partial charge is 0.245 e. The number of hydrogen-bond donors (Lipinski definition) is 0. The van der Waals surface area contributed by atoms with Gasteiger partial charge in [-0.25, -0.2) is 13.4 Å². The molecule has 0 fully saturated rings. The van der Waals surface area contributed by atoms with Gasteiger partial charge in [-0.15, -0.1) is 0 Å². The Morgan fingerprint density at radius 2 is 2.14 bits per heavy atom. The summed E-state index contributed by atoms with van der Waals surface area (Å²) in [4.78, 5) is 4.11. The zero-order valence-corrected chi connectivity index (χ0v) is 13.0. The third kappa shape index (κ3) is 3.25. The normalized spacial score (nSPS) is 13.3. The van der Waals surface area contributed by atoms with E-state index in [9.17, 15) is 8.42 Å². The lowest BCUT2D eigenvalue weighted by molar-refractivity contribution is 0.325. The number of hydrogen-bond acceptors (Lipinski definition) is 5. The minimum Gasteiger partial charge on any atom is -0.478 e. The molecule has 2 aromatic heterocycles. The Bertz CT molecular complexity index is 666. The Morgan fingerprint density at radius 1 is 1.38 bits per heavy atom. The molecule has 2 aromatic rings. The van der Waals surface area contributed by atoms with Gasteiger partial charge >= 0.3 is 0 Å². The second kappa shape index (κ2) is 6.28. The fourth-order valence-corrected chi connectivity index (χ4v) is 3.11. The SMILES string of the molecule is CCOc1ccc(S(=O)(=O)N(C)[C@@H](C)c2ccco2)cn1. The predicted molar refractivity (Wildman–Crippen MR) is 77.5 cm³/mol. The van der Waals surface area contributed by atoms with Crippen LogP contribution in [-0.2, 0) is 10.0 Å². The number of furan rings is 1. The van der Waals surface area contributed by atoms with Crippen molar-refractivity contribution >= 4 is 10.0 Å². The Kier molecular flexibility index (Phi) is 4.64. The lowest BCUT2D eigenvalue weighted by Gasteiger charge is -2.22. The van der Waals surface area contributed by atoms with Gasteiger partial charge in [0.25, 0.3) is 0 Å². The molecule has 0 radical (unpaired) electrons. The third-order valence-electron chi connectivity index (χ3n) is 3.18. The van der Waals surface area contributed by atoms with E-state index in [1.54, 1.807) is 25.1 Å². The molecule has 2 rings (SSSR count). The second-order valence-electron chi connectivity index (χ2n) is 4.48. The maximum Gasteiger partial charge on any atom is 0.245 e. The molecule has 0 saturated heterocycles. The van der Waals surface area contributed by atoms with E-state index in [0.717, 1.165) is 0 Å². The first-order valence-electron chi connectivity index (χ1n) is 6.57. The van der Waals surface area contributed by atoms with E-state index in [-0.39, 0.29) is 4.90 Å². The average Bonchev–Trinajstić information content (AvgIpc) is 3.01. The van der Waals surface area contributed by atoms with Crippen LogP contribution in [0.5, 0.6) is 5.88 Å². The molecular weight excluding hydrogens is 292 g/mol. The van der Waals surface area contributed by atoms with Crippen LogP contribution >= 0.6 is 0 Å². The number of nitrogens with zero attached hydrogens (tertiary/aromatic N) is 2. The first-order chi connectivity index (χ1) is 9.96. The van der Waals surface area contributed by atoms with E-state index < -0.39 is 16.1 Å². The number of pyridine rings is 1. The summed E-state index contributed by atoms with van der Waals surface area (Å²) < 4.78 is 36.8. The lowest BCUT2D eigenvalue weighted by atomic mass is 10.3. The van der Waals surface area contributed by atoms with Gasteiger partial charge < -0.3 is 9.15 Å². The van der Waals surface area contributed by atoms with Gasteiger partial charge in [0.15, 0.2) is 0 Å². The fourth-order valence-electron chi connectivity index (χ4n) is 1.84. The summed E-state index contributed by atoms with van der Waals surface area (Å²) in [5.74, 6) is 0.984. The highest BCUT2D eigenvalue weighted by atomic mass is 32.2. The van der Waals surface area contributed by atoms with Crippen molar-refractivity contribution in [2.45, 2.75) is 24.8 Å². The van der Waals surface area contributed by atoms with Crippen LogP contribution in [0, 0.1) is 0 Å². The van der Waals surface area contributed by atoms with E-state index in [0.29, 0.717) is 18.2 Å². The van der Waals surface area contributed by atoms with Crippen molar-refractivity contribution in [1.29, 1.82) is 0 Å². The Hall–Kier alpha value is -1.86. The van der Waals surface area contributed by atoms with Gasteiger partial charge in [-0.1, -0.05) is 0 Å². The lowest BCUT2D eigenvalue weighted by Crippen LogP contribution is -2.29. The molecule has 0 bridgehead atoms. The fraction of sp³-hybridized carbons (Fsp3) is 0.357. The Morgan fingerprint density at radius 3 is 2.67 bits per heavy atom. The summed E-state index contributed by atoms with van der Waals surface area (Å²) in [5.41, 5.74) is 0. The molecule has 0 saturated carbocycles. The monoisotopic (exact) mass is 310 g/mol. The molecule has 21 heavy (non-hydrogen) atoms. The molecule has 114 valence electrons. The number of ether oxygens (including phenoxy) is 1. The minimum atomic E-state index is -3.64. The zero-order valence-electron chi connectivity index (χ0n) is 12.2. The Labute approximate surface area is 124 Å². The van der Waals surface area contributed by atoms with Gasteiger partial charge in [0.05, 0.1) is 25.1 Å². The van der Waals surface area contributed by atoms with Crippen LogP contribution in [0.25, 0.3) is 0 Å². The molecular formula is C14H18N2O4S. The summed E-state index contributed by atoms with van der Waals surface area (Å²) in [6.45, 7) is 4.08. The molecule has 0 aliphatic rings. The van der Waals surface area contributed by atoms with Crippen LogP contribution in [0.4, 0.5) is 0 Å². The molecule has 0 N–H and O–H groups in total. The van der Waals surface area contributed by atoms with Crippen LogP contribution in [-0.4, -0.2) is 31.4 Å². The van der Waals surface area contributed by atoms with E-state index in [1.807, 2.05) is 6.92 Å². The Balaban J connectivity index is 2.24. The number of rotatable bonds is 6. The largest absolute Gasteiger partial charge is 0.478 e. The molecule has 0 unspecified atom stereocenters. The summed E-state index contributed by atoms with van der Waals surface area (Å²) in [6, 6.07) is 6.09. The number of aromatic nitrogens is 1. The van der Waals surface area contributed by atoms with Crippen molar-refractivity contribution in [3.8, 4) is 5.88 Å². The molecule has 0 aliphatic heterocycles. The van der Waals surface area contributed by atoms with Crippen LogP contribution in [0.15, 0.2) is 46.0 Å². The average molecular weight is 310 g/mol. The summed E-state index contributed by atoms with van der Waals surface area (Å²) >= 11 is 0. The first kappa shape index (κ1) is 15.5. The van der Waals surface area contributed by atoms with Crippen LogP contribution < -0.4 is 4.74 Å². The highest BCUT2D eigenvalue weighted by Gasteiger charge is 2.28. The van der Waals surface area contributed by atoms with Gasteiger partial charge in [-0.05, 0) is 32.0 Å². The molecule has 0 amide bonds. The van der Waals surface area contributed by atoms with Gasteiger partial charge in [0, 0.05) is 13.1 Å². The predicted octanol–water partition coefficient (Wildman–Crippen LogP) is 2.46. The van der Waals surface area contributed by atoms with Crippen molar-refractivity contribution in [2.75, 3.05) is 13.7 Å². The standard InChI is InChI=1S/C14H18N2O4S/c1-4-19-14-8-7-12(10-15-14)21(17,18)16(3)11(2)13-6-5-9-20-13/h5-11H,4H2,1-3H3/t11-/m0/s1. The first-order valence-corrected chi connectivity index (χ1v) is 8.01. The minimum absolute atomic E-state index is 0.117. The van der Waals surface area contributed by atoms with Gasteiger partial charge in [-0.3, -0.25) is 0 Å². The van der Waals surface area contributed by atoms with Gasteiger partial charge in [0.2, 0.25) is 15.9 Å². The highest BCUT2D eigenvalue weighted by molar-refractivity contribution is 7.89. The maximum absolute atomic E-state index is 12.5. The van der Waals surface area contributed by atoms with Crippen LogP contribution in [0.2, 0.25) is 0 Å². The molecule has 0 spiro atoms. The second-order valence-corrected chi connectivity index (χ2v) is 6.48. The maximum atomic E-state index is 12.5. The molecule has 1 atom stereocenters. The third-order valence-corrected chi connectivity index (χ3v) is 5.09. The molecule has 7 heteroatoms. The van der Waals surface area contributed by atoms with Crippen molar-refractivity contribution in [3.05, 3.63) is 42.5 Å². The molecule has 0 aliphatic carbocycles. The highest BCUT2D eigenvalue weighted by Crippen LogP contribution is 2.26. The molecule has 6 nitrogen and oxygen atoms in total. The van der Waals surface area contributed by atoms with Crippen LogP contribution in [0.3, 0.4) is 0 Å². The van der Waals surface area contributed by atoms with Crippen molar-refractivity contribution in [1.82, 2.24) is 9.29 Å². The van der Waals surface area contributed by atoms with Crippen molar-refractivity contribution in [2.24, 2.45) is 0 Å². The molecule has 0 aromatic carbocycles. The van der Waals surface area contributed by atoms with Crippen molar-refractivity contribution in [3.63, 3.8) is 0 Å². The summed E-state index contributed by atoms with van der Waals surface area (Å²) in [5, 5.41) is 0. The topological polar surface area (TPSA) is 72.6 Å². The van der Waals surface area contributed by atoms with Gasteiger partial charge in [-0.2, -0.15) is 4.31 Å². The van der Waals surface area contributed by atoms with E-state index in [2.05, 4.69) is 4.98 Å². The van der Waals surface area contributed by atoms with Crippen LogP contribution in [0.1, 0.15) is 25.6 Å². The summed E-state index contributed by atoms with van der Waals surface area (Å²) in [6.07, 6.45) is 2.82. The van der Waals surface area contributed by atoms with Crippen molar-refractivity contribution < 1.29 is 17.6 Å².